The Bertz CT molecular complexity index is 3240. The van der Waals surface area contributed by atoms with Crippen molar-refractivity contribution >= 4 is 43.7 Å². The molecule has 0 spiro atoms. The number of para-hydroxylation sites is 3. The molecule has 0 unspecified atom stereocenters. The van der Waals surface area contributed by atoms with Crippen LogP contribution in [0.2, 0.25) is 0 Å². The lowest BCUT2D eigenvalue weighted by molar-refractivity contribution is 0.670. The molecule has 3 aromatic heterocycles. The lowest BCUT2D eigenvalue weighted by atomic mass is 10.00. The fourth-order valence-corrected chi connectivity index (χ4v) is 7.98. The Morgan fingerprint density at radius 2 is 0.929 bits per heavy atom. The van der Waals surface area contributed by atoms with E-state index in [9.17, 15) is 0 Å². The molecule has 0 bridgehead atoms. The molecule has 11 aromatic rings. The van der Waals surface area contributed by atoms with E-state index in [1.807, 2.05) is 48.5 Å². The molecule has 56 heavy (non-hydrogen) atoms. The lowest BCUT2D eigenvalue weighted by Crippen LogP contribution is -2.00. The zero-order valence-corrected chi connectivity index (χ0v) is 30.2. The Morgan fingerprint density at radius 1 is 0.339 bits per heavy atom. The van der Waals surface area contributed by atoms with Crippen LogP contribution in [0.5, 0.6) is 0 Å². The van der Waals surface area contributed by atoms with Crippen molar-refractivity contribution in [3.63, 3.8) is 0 Å². The van der Waals surface area contributed by atoms with Crippen LogP contribution in [0.15, 0.2) is 199 Å². The van der Waals surface area contributed by atoms with Gasteiger partial charge in [0.25, 0.3) is 0 Å². The molecule has 262 valence electrons. The maximum absolute atomic E-state index is 6.46. The van der Waals surface area contributed by atoms with Gasteiger partial charge in [-0.25, -0.2) is 15.0 Å². The van der Waals surface area contributed by atoms with E-state index < -0.39 is 0 Å². The van der Waals surface area contributed by atoms with Crippen LogP contribution in [-0.4, -0.2) is 19.5 Å². The highest BCUT2D eigenvalue weighted by Crippen LogP contribution is 2.40. The number of benzene rings is 8. The van der Waals surface area contributed by atoms with Gasteiger partial charge in [0, 0.05) is 49.5 Å². The second kappa shape index (κ2) is 13.0. The standard InChI is InChI=1S/C51H32N4O/c1-4-14-33(15-5-1)35-18-12-19-37(30-35)50-52-49(34-16-6-2-7-17-34)53-51(54-50)38-26-28-41-44-31-36(27-29-45(44)55(46(41)32-38)39-20-8-3-9-21-39)40-23-13-24-43-42-22-10-11-25-47(42)56-48(40)43/h1-32H. The highest BCUT2D eigenvalue weighted by molar-refractivity contribution is 6.13. The van der Waals surface area contributed by atoms with Crippen molar-refractivity contribution in [2.45, 2.75) is 0 Å². The second-order valence-electron chi connectivity index (χ2n) is 14.0. The minimum Gasteiger partial charge on any atom is -0.455 e. The maximum Gasteiger partial charge on any atom is 0.164 e. The van der Waals surface area contributed by atoms with E-state index >= 15 is 0 Å². The Labute approximate surface area is 322 Å². The van der Waals surface area contributed by atoms with E-state index in [-0.39, 0.29) is 0 Å². The van der Waals surface area contributed by atoms with E-state index in [0.717, 1.165) is 88.4 Å². The normalized spacial score (nSPS) is 11.6. The summed E-state index contributed by atoms with van der Waals surface area (Å²) < 4.78 is 8.80. The van der Waals surface area contributed by atoms with Gasteiger partial charge in [0.05, 0.1) is 11.0 Å². The third-order valence-electron chi connectivity index (χ3n) is 10.6. The van der Waals surface area contributed by atoms with Crippen molar-refractivity contribution in [3.8, 4) is 62.1 Å². The van der Waals surface area contributed by atoms with Crippen molar-refractivity contribution in [2.24, 2.45) is 0 Å². The monoisotopic (exact) mass is 716 g/mol. The third-order valence-corrected chi connectivity index (χ3v) is 10.6. The van der Waals surface area contributed by atoms with E-state index in [2.05, 4.69) is 150 Å². The molecule has 0 aliphatic heterocycles. The number of rotatable bonds is 6. The van der Waals surface area contributed by atoms with Gasteiger partial charge in [-0.2, -0.15) is 0 Å². The molecule has 5 nitrogen and oxygen atoms in total. The Morgan fingerprint density at radius 3 is 1.71 bits per heavy atom. The fraction of sp³-hybridized carbons (Fsp3) is 0. The number of aromatic nitrogens is 4. The molecular weight excluding hydrogens is 685 g/mol. The molecule has 5 heteroatoms. The largest absolute Gasteiger partial charge is 0.455 e. The summed E-state index contributed by atoms with van der Waals surface area (Å²) in [6, 6.07) is 67.4. The zero-order valence-electron chi connectivity index (χ0n) is 30.2. The average Bonchev–Trinajstić information content (AvgIpc) is 3.82. The number of fused-ring (bicyclic) bond motifs is 6. The minimum atomic E-state index is 0.614. The van der Waals surface area contributed by atoms with Gasteiger partial charge in [0.15, 0.2) is 17.5 Å². The van der Waals surface area contributed by atoms with E-state index in [0.29, 0.717) is 17.5 Å². The van der Waals surface area contributed by atoms with Crippen LogP contribution in [0, 0.1) is 0 Å². The maximum atomic E-state index is 6.46. The molecule has 3 heterocycles. The van der Waals surface area contributed by atoms with Gasteiger partial charge in [-0.15, -0.1) is 0 Å². The first-order valence-corrected chi connectivity index (χ1v) is 18.8. The van der Waals surface area contributed by atoms with Crippen molar-refractivity contribution in [3.05, 3.63) is 194 Å². The van der Waals surface area contributed by atoms with Crippen LogP contribution >= 0.6 is 0 Å². The predicted octanol–water partition coefficient (Wildman–Crippen LogP) is 13.2. The van der Waals surface area contributed by atoms with Crippen molar-refractivity contribution < 1.29 is 4.42 Å². The summed E-state index contributed by atoms with van der Waals surface area (Å²) in [7, 11) is 0. The van der Waals surface area contributed by atoms with Crippen LogP contribution in [0.25, 0.3) is 106 Å². The van der Waals surface area contributed by atoms with Gasteiger partial charge in [-0.1, -0.05) is 152 Å². The number of hydrogen-bond donors (Lipinski definition) is 0. The summed E-state index contributed by atoms with van der Waals surface area (Å²) in [5.74, 6) is 1.87. The molecule has 8 aromatic carbocycles. The Balaban J connectivity index is 1.11. The average molecular weight is 717 g/mol. The van der Waals surface area contributed by atoms with Gasteiger partial charge in [-0.3, -0.25) is 0 Å². The van der Waals surface area contributed by atoms with E-state index in [1.54, 1.807) is 0 Å². The van der Waals surface area contributed by atoms with Crippen LogP contribution in [-0.2, 0) is 0 Å². The first kappa shape index (κ1) is 31.9. The first-order chi connectivity index (χ1) is 27.7. The summed E-state index contributed by atoms with van der Waals surface area (Å²) >= 11 is 0. The fourth-order valence-electron chi connectivity index (χ4n) is 7.98. The van der Waals surface area contributed by atoms with Crippen molar-refractivity contribution in [1.29, 1.82) is 0 Å². The highest BCUT2D eigenvalue weighted by atomic mass is 16.3. The molecule has 0 atom stereocenters. The van der Waals surface area contributed by atoms with Gasteiger partial charge in [-0.05, 0) is 59.2 Å². The molecule has 0 fully saturated rings. The minimum absolute atomic E-state index is 0.614. The molecule has 0 radical (unpaired) electrons. The van der Waals surface area contributed by atoms with Crippen LogP contribution in [0.3, 0.4) is 0 Å². The molecule has 0 aliphatic carbocycles. The van der Waals surface area contributed by atoms with Crippen LogP contribution < -0.4 is 0 Å². The van der Waals surface area contributed by atoms with Crippen LogP contribution in [0.4, 0.5) is 0 Å². The topological polar surface area (TPSA) is 56.7 Å². The molecule has 0 amide bonds. The lowest BCUT2D eigenvalue weighted by Gasteiger charge is -2.11. The Kier molecular flexibility index (Phi) is 7.42. The molecule has 0 saturated heterocycles. The third kappa shape index (κ3) is 5.37. The quantitative estimate of drug-likeness (QED) is 0.172. The highest BCUT2D eigenvalue weighted by Gasteiger charge is 2.19. The van der Waals surface area contributed by atoms with Crippen LogP contribution in [0.1, 0.15) is 0 Å². The molecule has 0 N–H and O–H groups in total. The summed E-state index contributed by atoms with van der Waals surface area (Å²) in [6.45, 7) is 0. The summed E-state index contributed by atoms with van der Waals surface area (Å²) in [6.07, 6.45) is 0. The molecule has 0 saturated carbocycles. The smallest absolute Gasteiger partial charge is 0.164 e. The SMILES string of the molecule is c1ccc(-c2cccc(-c3nc(-c4ccccc4)nc(-c4ccc5c6cc(-c7cccc8c7oc7ccccc78)ccc6n(-c6ccccc6)c5c4)n3)c2)cc1. The molecule has 0 aliphatic rings. The summed E-state index contributed by atoms with van der Waals surface area (Å²) in [4.78, 5) is 15.3. The second-order valence-corrected chi connectivity index (χ2v) is 14.0. The van der Waals surface area contributed by atoms with Gasteiger partial charge < -0.3 is 8.98 Å². The van der Waals surface area contributed by atoms with Gasteiger partial charge in [0.1, 0.15) is 11.2 Å². The van der Waals surface area contributed by atoms with Crippen molar-refractivity contribution in [1.82, 2.24) is 19.5 Å². The van der Waals surface area contributed by atoms with Gasteiger partial charge in [0.2, 0.25) is 0 Å². The number of nitrogens with zero attached hydrogens (tertiary/aromatic N) is 4. The molecule has 11 rings (SSSR count). The zero-order chi connectivity index (χ0) is 37.0. The summed E-state index contributed by atoms with van der Waals surface area (Å²) in [5, 5.41) is 4.53. The van der Waals surface area contributed by atoms with E-state index in [4.69, 9.17) is 19.4 Å². The molecular formula is C51H32N4O. The summed E-state index contributed by atoms with van der Waals surface area (Å²) in [5.41, 5.74) is 12.2. The predicted molar refractivity (Wildman–Crippen MR) is 229 cm³/mol. The number of furan rings is 1. The van der Waals surface area contributed by atoms with Gasteiger partial charge >= 0.3 is 0 Å². The first-order valence-electron chi connectivity index (χ1n) is 18.8. The Hall–Kier alpha value is -7.63. The number of hydrogen-bond acceptors (Lipinski definition) is 4. The van der Waals surface area contributed by atoms with Crippen molar-refractivity contribution in [2.75, 3.05) is 0 Å². The van der Waals surface area contributed by atoms with E-state index in [1.165, 1.54) is 0 Å².